The third-order valence-electron chi connectivity index (χ3n) is 4.00. The van der Waals surface area contributed by atoms with Gasteiger partial charge in [0.25, 0.3) is 0 Å². The number of ether oxygens (including phenoxy) is 1. The Morgan fingerprint density at radius 1 is 1.26 bits per heavy atom. The van der Waals surface area contributed by atoms with Crippen molar-refractivity contribution in [2.24, 2.45) is 5.92 Å². The minimum absolute atomic E-state index is 0.137. The second-order valence-electron chi connectivity index (χ2n) is 5.41. The van der Waals surface area contributed by atoms with Gasteiger partial charge in [-0.15, -0.1) is 0 Å². The second-order valence-corrected chi connectivity index (χ2v) is 5.41. The second kappa shape index (κ2) is 6.40. The Balaban J connectivity index is 1.97. The Hall–Kier alpha value is -1.06. The highest BCUT2D eigenvalue weighted by Gasteiger charge is 2.45. The third kappa shape index (κ3) is 3.48. The van der Waals surface area contributed by atoms with Gasteiger partial charge in [0.2, 0.25) is 0 Å². The van der Waals surface area contributed by atoms with Gasteiger partial charge in [0.05, 0.1) is 12.1 Å². The lowest BCUT2D eigenvalue weighted by atomic mass is 9.95. The maximum atomic E-state index is 9.74. The Bertz CT molecular complexity index is 386. The molecule has 1 unspecified atom stereocenters. The van der Waals surface area contributed by atoms with Crippen LogP contribution in [0.5, 0.6) is 5.75 Å². The normalized spacial score (nSPS) is 18.1. The predicted molar refractivity (Wildman–Crippen MR) is 77.5 cm³/mol. The summed E-state index contributed by atoms with van der Waals surface area (Å²) in [6.45, 7) is 5.75. The molecule has 1 fully saturated rings. The van der Waals surface area contributed by atoms with Gasteiger partial charge in [0, 0.05) is 0 Å². The van der Waals surface area contributed by atoms with Gasteiger partial charge in [-0.3, -0.25) is 0 Å². The molecule has 0 amide bonds. The van der Waals surface area contributed by atoms with Gasteiger partial charge in [-0.2, -0.15) is 0 Å². The number of hydrogen-bond donors (Lipinski definition) is 2. The third-order valence-corrected chi connectivity index (χ3v) is 4.00. The SMILES string of the molecule is CCNC(CO)(COc1ccc(CC)cc1)C1CC1. The van der Waals surface area contributed by atoms with E-state index < -0.39 is 0 Å². The molecule has 0 spiro atoms. The highest BCUT2D eigenvalue weighted by atomic mass is 16.5. The first-order valence-electron chi connectivity index (χ1n) is 7.31. The van der Waals surface area contributed by atoms with Crippen LogP contribution in [0.3, 0.4) is 0 Å². The summed E-state index contributed by atoms with van der Waals surface area (Å²) in [6, 6.07) is 8.22. The van der Waals surface area contributed by atoms with Crippen LogP contribution >= 0.6 is 0 Å². The average Bonchev–Trinajstić information content (AvgIpc) is 3.29. The van der Waals surface area contributed by atoms with Gasteiger partial charge in [-0.25, -0.2) is 0 Å². The van der Waals surface area contributed by atoms with Crippen LogP contribution in [-0.4, -0.2) is 30.4 Å². The van der Waals surface area contributed by atoms with E-state index in [1.165, 1.54) is 18.4 Å². The fraction of sp³-hybridized carbons (Fsp3) is 0.625. The van der Waals surface area contributed by atoms with Crippen LogP contribution in [0.4, 0.5) is 0 Å². The first-order valence-corrected chi connectivity index (χ1v) is 7.31. The number of benzene rings is 1. The molecule has 3 heteroatoms. The quantitative estimate of drug-likeness (QED) is 0.756. The molecule has 19 heavy (non-hydrogen) atoms. The lowest BCUT2D eigenvalue weighted by Gasteiger charge is -2.32. The zero-order chi connectivity index (χ0) is 13.7. The van der Waals surface area contributed by atoms with E-state index >= 15 is 0 Å². The molecule has 0 heterocycles. The topological polar surface area (TPSA) is 41.5 Å². The van der Waals surface area contributed by atoms with Crippen LogP contribution in [0.25, 0.3) is 0 Å². The van der Waals surface area contributed by atoms with Crippen LogP contribution in [0.15, 0.2) is 24.3 Å². The average molecular weight is 263 g/mol. The van der Waals surface area contributed by atoms with Crippen LogP contribution in [-0.2, 0) is 6.42 Å². The summed E-state index contributed by atoms with van der Waals surface area (Å²) in [7, 11) is 0. The number of aliphatic hydroxyl groups is 1. The van der Waals surface area contributed by atoms with E-state index in [0.717, 1.165) is 18.7 Å². The molecular weight excluding hydrogens is 238 g/mol. The summed E-state index contributed by atoms with van der Waals surface area (Å²) >= 11 is 0. The molecule has 1 aliphatic carbocycles. The van der Waals surface area contributed by atoms with Gasteiger partial charge in [0.1, 0.15) is 12.4 Å². The van der Waals surface area contributed by atoms with E-state index in [2.05, 4.69) is 31.3 Å². The Morgan fingerprint density at radius 3 is 2.42 bits per heavy atom. The standard InChI is InChI=1S/C16H25NO2/c1-3-13-5-9-15(10-6-13)19-12-16(11-18,17-4-2)14-7-8-14/h5-6,9-10,14,17-18H,3-4,7-8,11-12H2,1-2H3. The fourth-order valence-electron chi connectivity index (χ4n) is 2.57. The number of likely N-dealkylation sites (N-methyl/N-ethyl adjacent to an activating group) is 1. The highest BCUT2D eigenvalue weighted by Crippen LogP contribution is 2.39. The summed E-state index contributed by atoms with van der Waals surface area (Å²) in [6.07, 6.45) is 3.41. The minimum Gasteiger partial charge on any atom is -0.492 e. The molecule has 1 aliphatic rings. The van der Waals surface area contributed by atoms with Crippen LogP contribution in [0.2, 0.25) is 0 Å². The smallest absolute Gasteiger partial charge is 0.119 e. The summed E-state index contributed by atoms with van der Waals surface area (Å²) in [5, 5.41) is 13.2. The van der Waals surface area contributed by atoms with Crippen LogP contribution in [0.1, 0.15) is 32.3 Å². The Labute approximate surface area is 116 Å². The van der Waals surface area contributed by atoms with Crippen molar-refractivity contribution in [3.8, 4) is 5.75 Å². The largest absolute Gasteiger partial charge is 0.492 e. The van der Waals surface area contributed by atoms with Gasteiger partial charge >= 0.3 is 0 Å². The first-order chi connectivity index (χ1) is 9.24. The van der Waals surface area contributed by atoms with Gasteiger partial charge < -0.3 is 15.2 Å². The van der Waals surface area contributed by atoms with E-state index in [4.69, 9.17) is 4.74 Å². The number of aliphatic hydroxyl groups excluding tert-OH is 1. The molecule has 0 saturated heterocycles. The van der Waals surface area contributed by atoms with E-state index in [1.54, 1.807) is 0 Å². The first kappa shape index (κ1) is 14.4. The monoisotopic (exact) mass is 263 g/mol. The molecule has 0 aromatic heterocycles. The van der Waals surface area contributed by atoms with E-state index in [0.29, 0.717) is 12.5 Å². The molecule has 0 aliphatic heterocycles. The zero-order valence-electron chi connectivity index (χ0n) is 12.0. The maximum absolute atomic E-state index is 9.74. The number of nitrogens with one attached hydrogen (secondary N) is 1. The number of rotatable bonds is 8. The van der Waals surface area contributed by atoms with Crippen LogP contribution in [0, 0.1) is 5.92 Å². The molecule has 2 N–H and O–H groups in total. The molecule has 1 aromatic carbocycles. The van der Waals surface area contributed by atoms with Crippen molar-refractivity contribution in [2.75, 3.05) is 19.8 Å². The maximum Gasteiger partial charge on any atom is 0.119 e. The number of hydrogen-bond acceptors (Lipinski definition) is 3. The van der Waals surface area contributed by atoms with E-state index in [9.17, 15) is 5.11 Å². The van der Waals surface area contributed by atoms with Crippen molar-refractivity contribution in [3.05, 3.63) is 29.8 Å². The molecule has 106 valence electrons. The Morgan fingerprint density at radius 2 is 1.95 bits per heavy atom. The van der Waals surface area contributed by atoms with Gasteiger partial charge in [-0.05, 0) is 49.4 Å². The van der Waals surface area contributed by atoms with E-state index in [1.807, 2.05) is 12.1 Å². The molecular formula is C16H25NO2. The molecule has 0 radical (unpaired) electrons. The fourth-order valence-corrected chi connectivity index (χ4v) is 2.57. The van der Waals surface area contributed by atoms with Crippen molar-refractivity contribution in [3.63, 3.8) is 0 Å². The van der Waals surface area contributed by atoms with Crippen molar-refractivity contribution in [1.29, 1.82) is 0 Å². The Kier molecular flexibility index (Phi) is 4.83. The lowest BCUT2D eigenvalue weighted by molar-refractivity contribution is 0.0864. The molecule has 2 rings (SSSR count). The van der Waals surface area contributed by atoms with Gasteiger partial charge in [-0.1, -0.05) is 26.0 Å². The summed E-state index contributed by atoms with van der Waals surface area (Å²) in [5.41, 5.74) is 1.05. The van der Waals surface area contributed by atoms with Crippen LogP contribution < -0.4 is 10.1 Å². The predicted octanol–water partition coefficient (Wildman–Crippen LogP) is 2.38. The summed E-state index contributed by atoms with van der Waals surface area (Å²) < 4.78 is 5.89. The molecule has 1 saturated carbocycles. The van der Waals surface area contributed by atoms with Crippen molar-refractivity contribution in [1.82, 2.24) is 5.32 Å². The number of aryl methyl sites for hydroxylation is 1. The van der Waals surface area contributed by atoms with Crippen molar-refractivity contribution in [2.45, 2.75) is 38.6 Å². The van der Waals surface area contributed by atoms with E-state index in [-0.39, 0.29) is 12.1 Å². The molecule has 3 nitrogen and oxygen atoms in total. The minimum atomic E-state index is -0.266. The lowest BCUT2D eigenvalue weighted by Crippen LogP contribution is -2.55. The molecule has 1 atom stereocenters. The summed E-state index contributed by atoms with van der Waals surface area (Å²) in [5.74, 6) is 1.43. The highest BCUT2D eigenvalue weighted by molar-refractivity contribution is 5.27. The molecule has 1 aromatic rings. The van der Waals surface area contributed by atoms with Crippen molar-refractivity contribution < 1.29 is 9.84 Å². The van der Waals surface area contributed by atoms with Gasteiger partial charge in [0.15, 0.2) is 0 Å². The summed E-state index contributed by atoms with van der Waals surface area (Å²) in [4.78, 5) is 0. The molecule has 0 bridgehead atoms. The zero-order valence-corrected chi connectivity index (χ0v) is 12.0. The van der Waals surface area contributed by atoms with Crippen molar-refractivity contribution >= 4 is 0 Å².